The molecule has 1 heterocycles. The van der Waals surface area contributed by atoms with E-state index in [9.17, 15) is 22.3 Å². The molecule has 0 radical (unpaired) electrons. The standard InChI is InChI=1S/C6H8F3N3O7P2/c7-6(8,9)5-11-1-3(4(10)12-5)2-18-21(16,17)19-20(13,14)15/h1H,2H2,(H,16,17)(H2,10,11,12)(H2,13,14,15). The summed E-state index contributed by atoms with van der Waals surface area (Å²) in [4.78, 5) is 31.4. The summed E-state index contributed by atoms with van der Waals surface area (Å²) in [5, 5.41) is 0. The predicted molar refractivity (Wildman–Crippen MR) is 59.2 cm³/mol. The maximum Gasteiger partial charge on any atom is 0.481 e. The minimum atomic E-state index is -5.30. The molecule has 0 aliphatic rings. The van der Waals surface area contributed by atoms with Crippen LogP contribution in [0.25, 0.3) is 0 Å². The molecule has 1 atom stereocenters. The molecule has 1 unspecified atom stereocenters. The fourth-order valence-corrected chi connectivity index (χ4v) is 2.54. The van der Waals surface area contributed by atoms with E-state index in [0.29, 0.717) is 6.20 Å². The van der Waals surface area contributed by atoms with E-state index >= 15 is 0 Å². The van der Waals surface area contributed by atoms with Crippen molar-refractivity contribution in [1.29, 1.82) is 0 Å². The van der Waals surface area contributed by atoms with Crippen molar-refractivity contribution in [2.24, 2.45) is 0 Å². The van der Waals surface area contributed by atoms with Crippen LogP contribution >= 0.6 is 15.6 Å². The predicted octanol–water partition coefficient (Wildman–Crippen LogP) is 0.804. The molecule has 0 saturated carbocycles. The number of nitrogen functional groups attached to an aromatic ring is 1. The summed E-state index contributed by atoms with van der Waals surface area (Å²) >= 11 is 0. The Kier molecular flexibility index (Phi) is 5.11. The Hall–Kier alpha value is -1.07. The van der Waals surface area contributed by atoms with Gasteiger partial charge < -0.3 is 20.4 Å². The first-order valence-electron chi connectivity index (χ1n) is 4.73. The maximum atomic E-state index is 12.3. The summed E-state index contributed by atoms with van der Waals surface area (Å²) in [7, 11) is -10.4. The Labute approximate surface area is 114 Å². The molecule has 0 aliphatic heterocycles. The van der Waals surface area contributed by atoms with E-state index in [1.165, 1.54) is 0 Å². The van der Waals surface area contributed by atoms with Crippen LogP contribution in [0.4, 0.5) is 19.0 Å². The van der Waals surface area contributed by atoms with Gasteiger partial charge in [0.15, 0.2) is 0 Å². The maximum absolute atomic E-state index is 12.3. The van der Waals surface area contributed by atoms with Gasteiger partial charge >= 0.3 is 21.8 Å². The van der Waals surface area contributed by atoms with Gasteiger partial charge in [0.25, 0.3) is 0 Å². The lowest BCUT2D eigenvalue weighted by Crippen LogP contribution is -2.13. The molecular weight excluding hydrogens is 345 g/mol. The van der Waals surface area contributed by atoms with Gasteiger partial charge in [-0.2, -0.15) is 17.5 Å². The number of alkyl halides is 3. The van der Waals surface area contributed by atoms with E-state index in [0.717, 1.165) is 0 Å². The number of rotatable bonds is 5. The van der Waals surface area contributed by atoms with Crippen LogP contribution in [0.2, 0.25) is 0 Å². The Balaban J connectivity index is 2.82. The van der Waals surface area contributed by atoms with E-state index in [2.05, 4.69) is 18.8 Å². The smallest absolute Gasteiger partial charge is 0.383 e. The fraction of sp³-hybridized carbons (Fsp3) is 0.333. The van der Waals surface area contributed by atoms with Crippen LogP contribution in [0.3, 0.4) is 0 Å². The van der Waals surface area contributed by atoms with Gasteiger partial charge in [-0.15, -0.1) is 0 Å². The molecule has 0 aromatic carbocycles. The number of hydrogen-bond acceptors (Lipinski definition) is 7. The van der Waals surface area contributed by atoms with Crippen molar-refractivity contribution >= 4 is 21.5 Å². The van der Waals surface area contributed by atoms with Gasteiger partial charge in [0.05, 0.1) is 6.61 Å². The monoisotopic (exact) mass is 353 g/mol. The summed E-state index contributed by atoms with van der Waals surface area (Å²) in [5.74, 6) is -2.21. The van der Waals surface area contributed by atoms with Crippen molar-refractivity contribution in [2.75, 3.05) is 5.73 Å². The second-order valence-electron chi connectivity index (χ2n) is 3.42. The summed E-state index contributed by atoms with van der Waals surface area (Å²) < 4.78 is 65.8. The van der Waals surface area contributed by atoms with Crippen molar-refractivity contribution in [2.45, 2.75) is 12.8 Å². The van der Waals surface area contributed by atoms with E-state index in [1.807, 2.05) is 0 Å². The molecule has 0 amide bonds. The second kappa shape index (κ2) is 5.97. The Bertz CT molecular complexity index is 618. The molecule has 0 aliphatic carbocycles. The summed E-state index contributed by atoms with van der Waals surface area (Å²) in [6.07, 6.45) is -4.24. The molecule has 10 nitrogen and oxygen atoms in total. The first kappa shape index (κ1) is 18.0. The zero-order valence-electron chi connectivity index (χ0n) is 9.76. The number of aromatic nitrogens is 2. The first-order valence-corrected chi connectivity index (χ1v) is 7.75. The Morgan fingerprint density at radius 1 is 1.29 bits per heavy atom. The zero-order chi connectivity index (χ0) is 16.5. The van der Waals surface area contributed by atoms with Gasteiger partial charge in [-0.3, -0.25) is 4.52 Å². The highest BCUT2D eigenvalue weighted by molar-refractivity contribution is 7.60. The lowest BCUT2D eigenvalue weighted by Gasteiger charge is -2.13. The zero-order valence-corrected chi connectivity index (χ0v) is 11.5. The third-order valence-electron chi connectivity index (χ3n) is 1.74. The fourth-order valence-electron chi connectivity index (χ4n) is 0.977. The minimum Gasteiger partial charge on any atom is -0.383 e. The summed E-state index contributed by atoms with van der Waals surface area (Å²) in [6, 6.07) is 0. The molecule has 15 heteroatoms. The van der Waals surface area contributed by atoms with Crippen LogP contribution in [-0.2, 0) is 30.7 Å². The van der Waals surface area contributed by atoms with Crippen LogP contribution in [0, 0.1) is 0 Å². The van der Waals surface area contributed by atoms with Crippen LogP contribution < -0.4 is 5.73 Å². The van der Waals surface area contributed by atoms with Gasteiger partial charge in [-0.25, -0.2) is 19.1 Å². The van der Waals surface area contributed by atoms with E-state index in [1.54, 1.807) is 0 Å². The number of nitrogens with two attached hydrogens (primary N) is 1. The molecule has 0 bridgehead atoms. The average Bonchev–Trinajstić information content (AvgIpc) is 2.22. The van der Waals surface area contributed by atoms with Crippen molar-refractivity contribution in [1.82, 2.24) is 9.97 Å². The average molecular weight is 353 g/mol. The normalized spacial score (nSPS) is 15.7. The molecule has 1 aromatic heterocycles. The third kappa shape index (κ3) is 6.06. The van der Waals surface area contributed by atoms with Gasteiger partial charge in [0.2, 0.25) is 5.82 Å². The number of hydrogen-bond donors (Lipinski definition) is 4. The minimum absolute atomic E-state index is 0.313. The lowest BCUT2D eigenvalue weighted by molar-refractivity contribution is -0.144. The summed E-state index contributed by atoms with van der Waals surface area (Å²) in [6.45, 7) is -0.905. The van der Waals surface area contributed by atoms with Crippen molar-refractivity contribution in [3.8, 4) is 0 Å². The third-order valence-corrected chi connectivity index (χ3v) is 3.88. The van der Waals surface area contributed by atoms with E-state index in [-0.39, 0.29) is 5.56 Å². The number of anilines is 1. The molecule has 0 spiro atoms. The highest BCUT2D eigenvalue weighted by atomic mass is 31.3. The molecular formula is C6H8F3N3O7P2. The largest absolute Gasteiger partial charge is 0.481 e. The molecule has 5 N–H and O–H groups in total. The quantitative estimate of drug-likeness (QED) is 0.556. The first-order chi connectivity index (χ1) is 9.30. The lowest BCUT2D eigenvalue weighted by atomic mass is 10.3. The molecule has 120 valence electrons. The van der Waals surface area contributed by atoms with Crippen molar-refractivity contribution < 1.29 is 45.8 Å². The van der Waals surface area contributed by atoms with Crippen molar-refractivity contribution in [3.63, 3.8) is 0 Å². The topological polar surface area (TPSA) is 165 Å². The number of nitrogens with zero attached hydrogens (tertiary/aromatic N) is 2. The number of halogens is 3. The number of phosphoric acid groups is 2. The molecule has 1 rings (SSSR count). The molecule has 0 saturated heterocycles. The molecule has 0 fully saturated rings. The van der Waals surface area contributed by atoms with Gasteiger partial charge in [-0.1, -0.05) is 0 Å². The van der Waals surface area contributed by atoms with Gasteiger partial charge in [-0.05, 0) is 0 Å². The summed E-state index contributed by atoms with van der Waals surface area (Å²) in [5.41, 5.74) is 4.86. The van der Waals surface area contributed by atoms with Crippen LogP contribution in [0.15, 0.2) is 6.20 Å². The highest BCUT2D eigenvalue weighted by Crippen LogP contribution is 2.57. The van der Waals surface area contributed by atoms with Gasteiger partial charge in [0, 0.05) is 11.8 Å². The SMILES string of the molecule is Nc1nc(C(F)(F)F)ncc1COP(=O)(O)OP(=O)(O)O. The second-order valence-corrected chi connectivity index (χ2v) is 6.25. The van der Waals surface area contributed by atoms with Crippen LogP contribution in [0.1, 0.15) is 11.4 Å². The van der Waals surface area contributed by atoms with E-state index < -0.39 is 40.1 Å². The van der Waals surface area contributed by atoms with Crippen molar-refractivity contribution in [3.05, 3.63) is 17.6 Å². The Morgan fingerprint density at radius 3 is 2.29 bits per heavy atom. The van der Waals surface area contributed by atoms with E-state index in [4.69, 9.17) is 20.4 Å². The van der Waals surface area contributed by atoms with Crippen LogP contribution in [-0.4, -0.2) is 24.6 Å². The van der Waals surface area contributed by atoms with Crippen LogP contribution in [0.5, 0.6) is 0 Å². The van der Waals surface area contributed by atoms with Gasteiger partial charge in [0.1, 0.15) is 5.82 Å². The molecule has 21 heavy (non-hydrogen) atoms. The molecule has 1 aromatic rings. The number of phosphoric ester groups is 1. The highest BCUT2D eigenvalue weighted by Gasteiger charge is 2.36. The Morgan fingerprint density at radius 2 is 1.86 bits per heavy atom.